The van der Waals surface area contributed by atoms with Gasteiger partial charge in [-0.05, 0) is 77.3 Å². The van der Waals surface area contributed by atoms with Crippen molar-refractivity contribution in [1.29, 1.82) is 0 Å². The molecule has 0 unspecified atom stereocenters. The first-order chi connectivity index (χ1) is 16.8. The topological polar surface area (TPSA) is 75.0 Å². The molecule has 1 N–H and O–H groups in total. The number of nitrogens with one attached hydrogen (secondary N) is 1. The smallest absolute Gasteiger partial charge is 0.407 e. The third-order valence-corrected chi connectivity index (χ3v) is 6.86. The molecule has 1 aliphatic carbocycles. The normalized spacial score (nSPS) is 20.3. The first-order valence-corrected chi connectivity index (χ1v) is 12.6. The third kappa shape index (κ3) is 5.27. The average Bonchev–Trinajstić information content (AvgIpc) is 3.43. The van der Waals surface area contributed by atoms with Crippen LogP contribution in [0.2, 0.25) is 0 Å². The number of carbonyl (C=O) groups excluding carboxylic acids is 1. The molecule has 35 heavy (non-hydrogen) atoms. The largest absolute Gasteiger partial charge is 0.444 e. The standard InChI is InChI=1S/C27H36N6O2/c1-27(2,3)35-26(34)30-20-13-15-32(17-20)24-12-6-11-23-29-21(18-33(23)24)16-31(4)22-10-5-8-19-9-7-14-28-25(19)22/h6-7,9,11-12,14,18,20,22H,5,8,10,13,15-17H2,1-4H3,(H,30,34)/t20-,22+/m1/s1. The predicted molar refractivity (Wildman–Crippen MR) is 137 cm³/mol. The number of aromatic nitrogens is 3. The molecule has 0 radical (unpaired) electrons. The Morgan fingerprint density at radius 1 is 1.23 bits per heavy atom. The summed E-state index contributed by atoms with van der Waals surface area (Å²) in [5, 5.41) is 3.02. The lowest BCUT2D eigenvalue weighted by molar-refractivity contribution is 0.0509. The van der Waals surface area contributed by atoms with E-state index >= 15 is 0 Å². The number of amides is 1. The zero-order valence-corrected chi connectivity index (χ0v) is 21.2. The van der Waals surface area contributed by atoms with Crippen LogP contribution in [0, 0.1) is 0 Å². The highest BCUT2D eigenvalue weighted by Crippen LogP contribution is 2.33. The van der Waals surface area contributed by atoms with Gasteiger partial charge in [-0.3, -0.25) is 14.3 Å². The average molecular weight is 477 g/mol. The number of imidazole rings is 1. The van der Waals surface area contributed by atoms with E-state index in [1.807, 2.05) is 33.0 Å². The number of aryl methyl sites for hydroxylation is 1. The molecule has 0 aromatic carbocycles. The summed E-state index contributed by atoms with van der Waals surface area (Å²) < 4.78 is 7.60. The second-order valence-electron chi connectivity index (χ2n) is 10.8. The molecule has 8 heteroatoms. The second-order valence-corrected chi connectivity index (χ2v) is 10.8. The molecule has 1 fully saturated rings. The summed E-state index contributed by atoms with van der Waals surface area (Å²) >= 11 is 0. The molecule has 0 saturated carbocycles. The van der Waals surface area contributed by atoms with E-state index in [0.29, 0.717) is 6.04 Å². The minimum atomic E-state index is -0.496. The first kappa shape index (κ1) is 23.6. The Labute approximate surface area is 207 Å². The van der Waals surface area contributed by atoms with Crippen LogP contribution in [0.1, 0.15) is 63.0 Å². The van der Waals surface area contributed by atoms with E-state index in [1.54, 1.807) is 0 Å². The summed E-state index contributed by atoms with van der Waals surface area (Å²) in [4.78, 5) is 26.5. The number of hydrogen-bond acceptors (Lipinski definition) is 6. The van der Waals surface area contributed by atoms with Crippen molar-refractivity contribution < 1.29 is 9.53 Å². The highest BCUT2D eigenvalue weighted by atomic mass is 16.6. The van der Waals surface area contributed by atoms with Crippen LogP contribution in [0.3, 0.4) is 0 Å². The molecule has 0 spiro atoms. The van der Waals surface area contributed by atoms with E-state index in [1.165, 1.54) is 17.7 Å². The molecule has 3 aromatic heterocycles. The molecule has 1 saturated heterocycles. The van der Waals surface area contributed by atoms with Gasteiger partial charge in [0, 0.05) is 32.0 Å². The highest BCUT2D eigenvalue weighted by Gasteiger charge is 2.28. The van der Waals surface area contributed by atoms with Gasteiger partial charge >= 0.3 is 6.09 Å². The van der Waals surface area contributed by atoms with Crippen molar-refractivity contribution in [2.75, 3.05) is 25.0 Å². The van der Waals surface area contributed by atoms with E-state index in [-0.39, 0.29) is 12.1 Å². The number of hydrogen-bond donors (Lipinski definition) is 1. The minimum absolute atomic E-state index is 0.0631. The van der Waals surface area contributed by atoms with Crippen LogP contribution >= 0.6 is 0 Å². The maximum Gasteiger partial charge on any atom is 0.407 e. The fraction of sp³-hybridized carbons (Fsp3) is 0.519. The van der Waals surface area contributed by atoms with Crippen LogP contribution in [0.25, 0.3) is 5.65 Å². The van der Waals surface area contributed by atoms with Crippen LogP contribution in [-0.4, -0.2) is 57.1 Å². The maximum absolute atomic E-state index is 12.2. The molecule has 4 heterocycles. The fourth-order valence-electron chi connectivity index (χ4n) is 5.32. The molecule has 1 amide bonds. The number of alkyl carbamates (subject to hydrolysis) is 1. The number of anilines is 1. The quantitative estimate of drug-likeness (QED) is 0.590. The lowest BCUT2D eigenvalue weighted by Crippen LogP contribution is -2.40. The molecule has 186 valence electrons. The van der Waals surface area contributed by atoms with Gasteiger partial charge in [0.2, 0.25) is 0 Å². The van der Waals surface area contributed by atoms with Gasteiger partial charge < -0.3 is 15.0 Å². The zero-order chi connectivity index (χ0) is 24.6. The molecular weight excluding hydrogens is 440 g/mol. The number of pyridine rings is 2. The number of nitrogens with zero attached hydrogens (tertiary/aromatic N) is 5. The third-order valence-electron chi connectivity index (χ3n) is 6.86. The predicted octanol–water partition coefficient (Wildman–Crippen LogP) is 4.34. The van der Waals surface area contributed by atoms with Crippen molar-refractivity contribution >= 4 is 17.6 Å². The maximum atomic E-state index is 12.2. The van der Waals surface area contributed by atoms with Gasteiger partial charge in [-0.2, -0.15) is 0 Å². The van der Waals surface area contributed by atoms with Gasteiger partial charge in [0.05, 0.1) is 23.5 Å². The summed E-state index contributed by atoms with van der Waals surface area (Å²) in [7, 11) is 2.17. The molecular formula is C27H36N6O2. The van der Waals surface area contributed by atoms with Crippen molar-refractivity contribution in [3.8, 4) is 0 Å². The Balaban J connectivity index is 1.28. The lowest BCUT2D eigenvalue weighted by atomic mass is 9.91. The van der Waals surface area contributed by atoms with E-state index in [0.717, 1.165) is 56.1 Å². The van der Waals surface area contributed by atoms with Crippen LogP contribution in [0.4, 0.5) is 10.6 Å². The van der Waals surface area contributed by atoms with Gasteiger partial charge in [-0.15, -0.1) is 0 Å². The minimum Gasteiger partial charge on any atom is -0.444 e. The van der Waals surface area contributed by atoms with E-state index in [4.69, 9.17) is 14.7 Å². The number of fused-ring (bicyclic) bond motifs is 2. The number of ether oxygens (including phenoxy) is 1. The van der Waals surface area contributed by atoms with Gasteiger partial charge in [0.25, 0.3) is 0 Å². The molecule has 3 aromatic rings. The van der Waals surface area contributed by atoms with Crippen molar-refractivity contribution in [1.82, 2.24) is 24.6 Å². The molecule has 5 rings (SSSR count). The lowest BCUT2D eigenvalue weighted by Gasteiger charge is -2.31. The van der Waals surface area contributed by atoms with Crippen LogP contribution < -0.4 is 10.2 Å². The van der Waals surface area contributed by atoms with Crippen molar-refractivity contribution in [3.63, 3.8) is 0 Å². The molecule has 2 atom stereocenters. The van der Waals surface area contributed by atoms with Crippen LogP contribution in [0.5, 0.6) is 0 Å². The van der Waals surface area contributed by atoms with Gasteiger partial charge in [-0.1, -0.05) is 12.1 Å². The fourth-order valence-corrected chi connectivity index (χ4v) is 5.32. The summed E-state index contributed by atoms with van der Waals surface area (Å²) in [5.74, 6) is 1.10. The molecule has 1 aliphatic heterocycles. The Kier molecular flexibility index (Phi) is 6.40. The van der Waals surface area contributed by atoms with E-state index in [9.17, 15) is 4.79 Å². The van der Waals surface area contributed by atoms with Crippen LogP contribution in [-0.2, 0) is 17.7 Å². The summed E-state index contributed by atoms with van der Waals surface area (Å²) in [6, 6.07) is 10.9. The number of carbonyl (C=O) groups is 1. The van der Waals surface area contributed by atoms with Crippen molar-refractivity contribution in [3.05, 3.63) is 59.7 Å². The number of rotatable bonds is 5. The molecule has 8 nitrogen and oxygen atoms in total. The Bertz CT molecular complexity index is 1200. The van der Waals surface area contributed by atoms with Gasteiger partial charge in [0.15, 0.2) is 0 Å². The first-order valence-electron chi connectivity index (χ1n) is 12.6. The Hall–Kier alpha value is -3.13. The summed E-state index contributed by atoms with van der Waals surface area (Å²) in [6.45, 7) is 8.03. The van der Waals surface area contributed by atoms with Crippen molar-refractivity contribution in [2.24, 2.45) is 0 Å². The van der Waals surface area contributed by atoms with Crippen LogP contribution in [0.15, 0.2) is 42.7 Å². The van der Waals surface area contributed by atoms with Gasteiger partial charge in [-0.25, -0.2) is 9.78 Å². The zero-order valence-electron chi connectivity index (χ0n) is 21.2. The van der Waals surface area contributed by atoms with E-state index in [2.05, 4.69) is 57.0 Å². The molecule has 0 bridgehead atoms. The summed E-state index contributed by atoms with van der Waals surface area (Å²) in [6.07, 6.45) is 8.02. The Morgan fingerprint density at radius 3 is 2.91 bits per heavy atom. The second kappa shape index (κ2) is 9.49. The summed E-state index contributed by atoms with van der Waals surface area (Å²) in [5.41, 5.74) is 4.08. The van der Waals surface area contributed by atoms with Crippen molar-refractivity contribution in [2.45, 2.75) is 70.7 Å². The van der Waals surface area contributed by atoms with Gasteiger partial charge in [0.1, 0.15) is 17.1 Å². The SMILES string of the molecule is CN(Cc1cn2c(N3CC[C@@H](NC(=O)OC(C)(C)C)C3)cccc2n1)[C@H]1CCCc2cccnc21. The molecule has 2 aliphatic rings. The Morgan fingerprint density at radius 2 is 2.09 bits per heavy atom. The highest BCUT2D eigenvalue weighted by molar-refractivity contribution is 5.68. The monoisotopic (exact) mass is 476 g/mol. The van der Waals surface area contributed by atoms with E-state index < -0.39 is 5.60 Å².